The molecule has 1 unspecified atom stereocenters. The van der Waals surface area contributed by atoms with Crippen molar-refractivity contribution in [3.05, 3.63) is 74.6 Å². The van der Waals surface area contributed by atoms with Crippen molar-refractivity contribution in [2.45, 2.75) is 32.7 Å². The number of anilines is 1. The van der Waals surface area contributed by atoms with Crippen LogP contribution in [0.1, 0.15) is 46.2 Å². The molecule has 0 saturated carbocycles. The Bertz CT molecular complexity index is 1360. The van der Waals surface area contributed by atoms with E-state index in [0.717, 1.165) is 11.1 Å². The van der Waals surface area contributed by atoms with Gasteiger partial charge in [-0.1, -0.05) is 25.1 Å². The van der Waals surface area contributed by atoms with Crippen molar-refractivity contribution >= 4 is 28.5 Å². The van der Waals surface area contributed by atoms with Crippen molar-refractivity contribution in [3.8, 4) is 0 Å². The first kappa shape index (κ1) is 20.5. The van der Waals surface area contributed by atoms with Gasteiger partial charge < -0.3 is 19.3 Å². The van der Waals surface area contributed by atoms with Crippen LogP contribution in [-0.2, 0) is 10.3 Å². The molecule has 2 aliphatic heterocycles. The summed E-state index contributed by atoms with van der Waals surface area (Å²) in [5.74, 6) is -1.05. The predicted molar refractivity (Wildman–Crippen MR) is 120 cm³/mol. The lowest BCUT2D eigenvalue weighted by Crippen LogP contribution is -2.54. The van der Waals surface area contributed by atoms with Crippen LogP contribution in [0.15, 0.2) is 45.6 Å². The molecule has 164 valence electrons. The molecule has 5 rings (SSSR count). The zero-order chi connectivity index (χ0) is 22.8. The lowest BCUT2D eigenvalue weighted by atomic mass is 9.84. The maximum absolute atomic E-state index is 14.0. The molecular weight excluding hydrogens is 408 g/mol. The number of benzene rings is 2. The molecule has 3 heterocycles. The molecule has 0 radical (unpaired) electrons. The Morgan fingerprint density at radius 2 is 1.75 bits per heavy atom. The van der Waals surface area contributed by atoms with Gasteiger partial charge in [0.25, 0.3) is 11.8 Å². The number of hydrogen-bond donors (Lipinski definition) is 1. The quantitative estimate of drug-likeness (QED) is 0.685. The van der Waals surface area contributed by atoms with Gasteiger partial charge >= 0.3 is 0 Å². The Balaban J connectivity index is 1.93. The average molecular weight is 432 g/mol. The number of carbonyl (C=O) groups excluding carboxylic acids is 2. The van der Waals surface area contributed by atoms with Gasteiger partial charge in [0, 0.05) is 18.7 Å². The van der Waals surface area contributed by atoms with Crippen LogP contribution in [0.3, 0.4) is 0 Å². The maximum atomic E-state index is 14.0. The number of amides is 2. The fourth-order valence-corrected chi connectivity index (χ4v) is 5.09. The van der Waals surface area contributed by atoms with E-state index in [9.17, 15) is 19.5 Å². The van der Waals surface area contributed by atoms with E-state index in [1.807, 2.05) is 32.9 Å². The molecule has 2 aliphatic rings. The monoisotopic (exact) mass is 432 g/mol. The van der Waals surface area contributed by atoms with Gasteiger partial charge in [-0.15, -0.1) is 0 Å². The molecule has 2 aromatic carbocycles. The summed E-state index contributed by atoms with van der Waals surface area (Å²) in [6.07, 6.45) is 0.710. The molecule has 0 aliphatic carbocycles. The Morgan fingerprint density at radius 1 is 1.03 bits per heavy atom. The van der Waals surface area contributed by atoms with Crippen LogP contribution in [0.25, 0.3) is 11.0 Å². The fraction of sp³-hybridized carbons (Fsp3) is 0.320. The van der Waals surface area contributed by atoms with Crippen molar-refractivity contribution in [2.75, 3.05) is 24.6 Å². The SMILES string of the molecule is CCCN1C(=O)C2(c3ccccc31)c1c(oc3cc(C)c(C)cc3c1=O)C(=O)N2CCO. The van der Waals surface area contributed by atoms with Gasteiger partial charge in [0.15, 0.2) is 11.0 Å². The van der Waals surface area contributed by atoms with Gasteiger partial charge in [0.2, 0.25) is 5.76 Å². The standard InChI is InChI=1S/C25H24N2O5/c1-4-9-26-18-8-6-5-7-17(18)25(24(26)31)20-21(29)16-12-14(2)15(3)13-19(16)32-22(20)23(30)27(25)10-11-28/h5-8,12-13,28H,4,9-11H2,1-3H3. The second kappa shape index (κ2) is 7.03. The Labute approximate surface area is 184 Å². The molecule has 0 fully saturated rings. The summed E-state index contributed by atoms with van der Waals surface area (Å²) in [6.45, 7) is 5.77. The largest absolute Gasteiger partial charge is 0.450 e. The lowest BCUT2D eigenvalue weighted by Gasteiger charge is -2.33. The highest BCUT2D eigenvalue weighted by Gasteiger charge is 2.64. The van der Waals surface area contributed by atoms with E-state index in [2.05, 4.69) is 0 Å². The van der Waals surface area contributed by atoms with Crippen LogP contribution in [0.5, 0.6) is 0 Å². The van der Waals surface area contributed by atoms with Gasteiger partial charge in [0.1, 0.15) is 5.58 Å². The van der Waals surface area contributed by atoms with Crippen molar-refractivity contribution in [1.29, 1.82) is 0 Å². The average Bonchev–Trinajstić information content (AvgIpc) is 3.16. The molecule has 1 atom stereocenters. The molecule has 32 heavy (non-hydrogen) atoms. The molecule has 7 heteroatoms. The molecular formula is C25H24N2O5. The summed E-state index contributed by atoms with van der Waals surface area (Å²) < 4.78 is 6.01. The van der Waals surface area contributed by atoms with E-state index >= 15 is 0 Å². The van der Waals surface area contributed by atoms with Crippen LogP contribution >= 0.6 is 0 Å². The summed E-state index contributed by atoms with van der Waals surface area (Å²) in [5.41, 5.74) is 1.41. The number of rotatable bonds is 4. The first-order valence-electron chi connectivity index (χ1n) is 10.8. The number of fused-ring (bicyclic) bond motifs is 5. The van der Waals surface area contributed by atoms with Crippen molar-refractivity contribution < 1.29 is 19.1 Å². The smallest absolute Gasteiger partial charge is 0.291 e. The second-order valence-corrected chi connectivity index (χ2v) is 8.43. The third-order valence-electron chi connectivity index (χ3n) is 6.62. The lowest BCUT2D eigenvalue weighted by molar-refractivity contribution is -0.126. The van der Waals surface area contributed by atoms with Gasteiger partial charge in [-0.25, -0.2) is 0 Å². The number of hydrogen-bond acceptors (Lipinski definition) is 5. The minimum Gasteiger partial charge on any atom is -0.450 e. The molecule has 1 N–H and O–H groups in total. The molecule has 1 spiro atoms. The molecule has 0 saturated heterocycles. The molecule has 3 aromatic rings. The number of nitrogens with zero attached hydrogens (tertiary/aromatic N) is 2. The van der Waals surface area contributed by atoms with Gasteiger partial charge in [0.05, 0.1) is 23.2 Å². The van der Waals surface area contributed by atoms with Crippen LogP contribution in [0.4, 0.5) is 5.69 Å². The van der Waals surface area contributed by atoms with Crippen LogP contribution in [0, 0.1) is 13.8 Å². The van der Waals surface area contributed by atoms with E-state index in [-0.39, 0.29) is 35.8 Å². The first-order valence-corrected chi connectivity index (χ1v) is 10.8. The van der Waals surface area contributed by atoms with Crippen LogP contribution < -0.4 is 10.3 Å². The highest BCUT2D eigenvalue weighted by molar-refractivity contribution is 6.17. The number of aryl methyl sites for hydroxylation is 2. The summed E-state index contributed by atoms with van der Waals surface area (Å²) in [4.78, 5) is 44.4. The third kappa shape index (κ3) is 2.37. The topological polar surface area (TPSA) is 91.1 Å². The number of aliphatic hydroxyl groups excluding tert-OH is 1. The minimum atomic E-state index is -1.64. The van der Waals surface area contributed by atoms with E-state index in [1.165, 1.54) is 4.90 Å². The minimum absolute atomic E-state index is 0.0442. The number of para-hydroxylation sites is 1. The number of carbonyl (C=O) groups is 2. The van der Waals surface area contributed by atoms with Crippen molar-refractivity contribution in [1.82, 2.24) is 4.90 Å². The number of β-amino-alcohol motifs (C(OH)–C–C–N with tert-alkyl or cyclic N) is 1. The predicted octanol–water partition coefficient (Wildman–Crippen LogP) is 2.86. The molecule has 1 aromatic heterocycles. The Morgan fingerprint density at radius 3 is 2.47 bits per heavy atom. The zero-order valence-electron chi connectivity index (χ0n) is 18.3. The first-order chi connectivity index (χ1) is 15.4. The Hall–Kier alpha value is -3.45. The van der Waals surface area contributed by atoms with E-state index in [4.69, 9.17) is 4.42 Å². The van der Waals surface area contributed by atoms with Crippen molar-refractivity contribution in [2.24, 2.45) is 0 Å². The summed E-state index contributed by atoms with van der Waals surface area (Å²) >= 11 is 0. The number of aliphatic hydroxyl groups is 1. The van der Waals surface area contributed by atoms with Gasteiger partial charge in [-0.3, -0.25) is 14.4 Å². The van der Waals surface area contributed by atoms with Crippen molar-refractivity contribution in [3.63, 3.8) is 0 Å². The van der Waals surface area contributed by atoms with E-state index < -0.39 is 11.4 Å². The third-order valence-corrected chi connectivity index (χ3v) is 6.62. The van der Waals surface area contributed by atoms with Crippen LogP contribution in [0.2, 0.25) is 0 Å². The van der Waals surface area contributed by atoms with E-state index in [0.29, 0.717) is 35.2 Å². The summed E-state index contributed by atoms with van der Waals surface area (Å²) in [6, 6.07) is 10.7. The van der Waals surface area contributed by atoms with E-state index in [1.54, 1.807) is 29.2 Å². The fourth-order valence-electron chi connectivity index (χ4n) is 5.09. The summed E-state index contributed by atoms with van der Waals surface area (Å²) in [7, 11) is 0. The highest BCUT2D eigenvalue weighted by atomic mass is 16.3. The molecule has 2 amide bonds. The normalized spacial score (nSPS) is 19.4. The second-order valence-electron chi connectivity index (χ2n) is 8.43. The van der Waals surface area contributed by atoms with Gasteiger partial charge in [-0.2, -0.15) is 0 Å². The highest BCUT2D eigenvalue weighted by Crippen LogP contribution is 2.52. The maximum Gasteiger partial charge on any atom is 0.291 e. The summed E-state index contributed by atoms with van der Waals surface area (Å²) in [5, 5.41) is 10.1. The molecule has 0 bridgehead atoms. The van der Waals surface area contributed by atoms with Gasteiger partial charge in [-0.05, 0) is 49.6 Å². The Kier molecular flexibility index (Phi) is 4.49. The molecule has 7 nitrogen and oxygen atoms in total. The zero-order valence-corrected chi connectivity index (χ0v) is 18.3. The van der Waals surface area contributed by atoms with Crippen LogP contribution in [-0.4, -0.2) is 41.5 Å².